The van der Waals surface area contributed by atoms with Crippen molar-refractivity contribution in [3.63, 3.8) is 0 Å². The number of rotatable bonds is 7. The Bertz CT molecular complexity index is 703. The lowest BCUT2D eigenvalue weighted by molar-refractivity contribution is -0.120. The molecule has 0 aliphatic rings. The van der Waals surface area contributed by atoms with Crippen LogP contribution >= 0.6 is 0 Å². The molecular formula is C17H17F2N3O2. The van der Waals surface area contributed by atoms with Gasteiger partial charge < -0.3 is 16.4 Å². The van der Waals surface area contributed by atoms with Crippen molar-refractivity contribution in [2.75, 3.05) is 13.1 Å². The minimum absolute atomic E-state index is 0.0726. The van der Waals surface area contributed by atoms with Gasteiger partial charge in [0.05, 0.1) is 0 Å². The number of halogens is 2. The first-order valence-corrected chi connectivity index (χ1v) is 7.30. The zero-order chi connectivity index (χ0) is 17.5. The Balaban J connectivity index is 1.90. The summed E-state index contributed by atoms with van der Waals surface area (Å²) in [5.41, 5.74) is 5.41. The molecule has 0 unspecified atom stereocenters. The van der Waals surface area contributed by atoms with Crippen LogP contribution in [0.15, 0.2) is 48.5 Å². The predicted octanol–water partition coefficient (Wildman–Crippen LogP) is 1.51. The molecule has 0 radical (unpaired) electrons. The van der Waals surface area contributed by atoms with Gasteiger partial charge in [-0.3, -0.25) is 9.59 Å². The van der Waals surface area contributed by atoms with Crippen LogP contribution in [0.3, 0.4) is 0 Å². The lowest BCUT2D eigenvalue weighted by Crippen LogP contribution is -2.39. The van der Waals surface area contributed by atoms with E-state index in [0.29, 0.717) is 5.56 Å². The van der Waals surface area contributed by atoms with Crippen molar-refractivity contribution in [2.24, 2.45) is 5.73 Å². The number of hydrogen-bond donors (Lipinski definition) is 3. The molecule has 0 aromatic heterocycles. The van der Waals surface area contributed by atoms with Gasteiger partial charge in [0.15, 0.2) is 0 Å². The number of carbonyl (C=O) groups excluding carboxylic acids is 2. The second-order valence-corrected chi connectivity index (χ2v) is 5.05. The van der Waals surface area contributed by atoms with Crippen LogP contribution in [0.25, 0.3) is 0 Å². The molecule has 126 valence electrons. The molecule has 0 fully saturated rings. The van der Waals surface area contributed by atoms with Crippen molar-refractivity contribution in [3.05, 3.63) is 71.3 Å². The first-order valence-electron chi connectivity index (χ1n) is 7.30. The van der Waals surface area contributed by atoms with Crippen molar-refractivity contribution in [3.8, 4) is 0 Å². The lowest BCUT2D eigenvalue weighted by atomic mass is 10.1. The van der Waals surface area contributed by atoms with Crippen LogP contribution in [0, 0.1) is 11.6 Å². The van der Waals surface area contributed by atoms with Gasteiger partial charge in [0.2, 0.25) is 5.91 Å². The fraction of sp³-hybridized carbons (Fsp3) is 0.176. The van der Waals surface area contributed by atoms with E-state index in [4.69, 9.17) is 5.73 Å². The minimum atomic E-state index is -0.931. The summed E-state index contributed by atoms with van der Waals surface area (Å²) in [5.74, 6) is -3.28. The van der Waals surface area contributed by atoms with E-state index in [2.05, 4.69) is 10.6 Å². The maximum absolute atomic E-state index is 13.5. The van der Waals surface area contributed by atoms with Gasteiger partial charge in [0.1, 0.15) is 23.2 Å². The van der Waals surface area contributed by atoms with Crippen LogP contribution in [0.4, 0.5) is 8.78 Å². The van der Waals surface area contributed by atoms with E-state index >= 15 is 0 Å². The molecule has 0 bridgehead atoms. The van der Waals surface area contributed by atoms with Gasteiger partial charge in [0, 0.05) is 13.1 Å². The summed E-state index contributed by atoms with van der Waals surface area (Å²) in [4.78, 5) is 23.3. The number of nitrogens with one attached hydrogen (secondary N) is 2. The van der Waals surface area contributed by atoms with E-state index in [1.54, 1.807) is 24.3 Å². The van der Waals surface area contributed by atoms with E-state index in [9.17, 15) is 18.4 Å². The van der Waals surface area contributed by atoms with E-state index in [0.717, 1.165) is 12.1 Å². The van der Waals surface area contributed by atoms with E-state index in [1.165, 1.54) is 6.07 Å². The van der Waals surface area contributed by atoms with Crippen LogP contribution in [-0.4, -0.2) is 24.9 Å². The summed E-state index contributed by atoms with van der Waals surface area (Å²) in [6.45, 7) is 0.271. The van der Waals surface area contributed by atoms with Crippen LogP contribution in [-0.2, 0) is 4.79 Å². The van der Waals surface area contributed by atoms with Crippen molar-refractivity contribution in [1.82, 2.24) is 10.6 Å². The van der Waals surface area contributed by atoms with Crippen molar-refractivity contribution in [1.29, 1.82) is 0 Å². The Labute approximate surface area is 137 Å². The van der Waals surface area contributed by atoms with Gasteiger partial charge in [-0.25, -0.2) is 8.78 Å². The molecule has 0 saturated carbocycles. The molecule has 2 aromatic rings. The molecule has 0 heterocycles. The number of nitrogens with two attached hydrogens (primary N) is 1. The molecule has 2 amide bonds. The number of primary amides is 1. The van der Waals surface area contributed by atoms with E-state index in [1.807, 2.05) is 6.07 Å². The standard InChI is InChI=1S/C17H17F2N3O2/c18-12-7-4-8-13(19)14(12)17(24)22-10-9-21-15(16(20)23)11-5-2-1-3-6-11/h1-8,15,21H,9-10H2,(H2,20,23)(H,22,24)/t15-/m1/s1. The van der Waals surface area contributed by atoms with Crippen LogP contribution in [0.1, 0.15) is 22.0 Å². The van der Waals surface area contributed by atoms with Crippen LogP contribution in [0.5, 0.6) is 0 Å². The smallest absolute Gasteiger partial charge is 0.257 e. The third kappa shape index (κ3) is 4.36. The Morgan fingerprint density at radius 3 is 2.17 bits per heavy atom. The molecule has 7 heteroatoms. The third-order valence-electron chi connectivity index (χ3n) is 3.37. The SMILES string of the molecule is NC(=O)[C@H](NCCNC(=O)c1c(F)cccc1F)c1ccccc1. The Hall–Kier alpha value is -2.80. The average Bonchev–Trinajstić information content (AvgIpc) is 2.55. The quantitative estimate of drug-likeness (QED) is 0.672. The van der Waals surface area contributed by atoms with Gasteiger partial charge in [-0.1, -0.05) is 36.4 Å². The average molecular weight is 333 g/mol. The second-order valence-electron chi connectivity index (χ2n) is 5.05. The summed E-state index contributed by atoms with van der Waals surface area (Å²) in [6.07, 6.45) is 0. The topological polar surface area (TPSA) is 84.2 Å². The maximum atomic E-state index is 13.5. The number of amides is 2. The van der Waals surface area contributed by atoms with Gasteiger partial charge >= 0.3 is 0 Å². The Kier molecular flexibility index (Phi) is 5.97. The molecule has 0 aliphatic heterocycles. The van der Waals surface area contributed by atoms with Crippen LogP contribution < -0.4 is 16.4 Å². The van der Waals surface area contributed by atoms with Crippen LogP contribution in [0.2, 0.25) is 0 Å². The zero-order valence-electron chi connectivity index (χ0n) is 12.8. The molecule has 2 rings (SSSR count). The van der Waals surface area contributed by atoms with Crippen molar-refractivity contribution in [2.45, 2.75) is 6.04 Å². The van der Waals surface area contributed by atoms with Gasteiger partial charge in [-0.05, 0) is 17.7 Å². The molecule has 0 aliphatic carbocycles. The monoisotopic (exact) mass is 333 g/mol. The molecule has 4 N–H and O–H groups in total. The minimum Gasteiger partial charge on any atom is -0.368 e. The Morgan fingerprint density at radius 1 is 0.958 bits per heavy atom. The third-order valence-corrected chi connectivity index (χ3v) is 3.37. The molecule has 0 saturated heterocycles. The number of benzene rings is 2. The fourth-order valence-corrected chi connectivity index (χ4v) is 2.22. The molecule has 0 spiro atoms. The van der Waals surface area contributed by atoms with E-state index in [-0.39, 0.29) is 13.1 Å². The molecule has 2 aromatic carbocycles. The molecular weight excluding hydrogens is 316 g/mol. The highest BCUT2D eigenvalue weighted by molar-refractivity contribution is 5.94. The highest BCUT2D eigenvalue weighted by Crippen LogP contribution is 2.12. The number of carbonyl (C=O) groups is 2. The molecule has 5 nitrogen and oxygen atoms in total. The summed E-state index contributed by atoms with van der Waals surface area (Å²) in [5, 5.41) is 5.29. The first kappa shape index (κ1) is 17.6. The summed E-state index contributed by atoms with van der Waals surface area (Å²) in [7, 11) is 0. The summed E-state index contributed by atoms with van der Waals surface area (Å²) < 4.78 is 27.0. The second kappa shape index (κ2) is 8.16. The fourth-order valence-electron chi connectivity index (χ4n) is 2.22. The Morgan fingerprint density at radius 2 is 1.58 bits per heavy atom. The number of hydrogen-bond acceptors (Lipinski definition) is 3. The maximum Gasteiger partial charge on any atom is 0.257 e. The largest absolute Gasteiger partial charge is 0.368 e. The molecule has 1 atom stereocenters. The highest BCUT2D eigenvalue weighted by Gasteiger charge is 2.18. The van der Waals surface area contributed by atoms with Crippen molar-refractivity contribution >= 4 is 11.8 Å². The predicted molar refractivity (Wildman–Crippen MR) is 85.1 cm³/mol. The highest BCUT2D eigenvalue weighted by atomic mass is 19.1. The van der Waals surface area contributed by atoms with E-state index < -0.39 is 35.1 Å². The summed E-state index contributed by atoms with van der Waals surface area (Å²) in [6, 6.07) is 11.3. The molecule has 24 heavy (non-hydrogen) atoms. The first-order chi connectivity index (χ1) is 11.5. The van der Waals surface area contributed by atoms with Crippen molar-refractivity contribution < 1.29 is 18.4 Å². The van der Waals surface area contributed by atoms with Gasteiger partial charge in [-0.2, -0.15) is 0 Å². The normalized spacial score (nSPS) is 11.8. The van der Waals surface area contributed by atoms with Gasteiger partial charge in [0.25, 0.3) is 5.91 Å². The zero-order valence-corrected chi connectivity index (χ0v) is 12.8. The lowest BCUT2D eigenvalue weighted by Gasteiger charge is -2.16. The van der Waals surface area contributed by atoms with Gasteiger partial charge in [-0.15, -0.1) is 0 Å². The summed E-state index contributed by atoms with van der Waals surface area (Å²) >= 11 is 0.